The molecular formula is C8H7BrF3NO. The van der Waals surface area contributed by atoms with Crippen LogP contribution in [0.5, 0.6) is 5.75 Å². The quantitative estimate of drug-likeness (QED) is 0.787. The topological polar surface area (TPSA) is 22.1 Å². The Morgan fingerprint density at radius 1 is 1.57 bits per heavy atom. The summed E-state index contributed by atoms with van der Waals surface area (Å²) in [6.07, 6.45) is -1.83. The molecule has 0 unspecified atom stereocenters. The molecule has 0 fully saturated rings. The maximum absolute atomic E-state index is 13.3. The molecular weight excluding hydrogens is 263 g/mol. The molecule has 1 aromatic rings. The minimum atomic E-state index is -2.91. The number of hydrogen-bond acceptors (Lipinski definition) is 2. The highest BCUT2D eigenvalue weighted by Gasteiger charge is 2.22. The predicted octanol–water partition coefficient (Wildman–Crippen LogP) is 3.06. The molecule has 0 amide bonds. The van der Waals surface area contributed by atoms with Crippen molar-refractivity contribution in [2.75, 3.05) is 7.11 Å². The van der Waals surface area contributed by atoms with Crippen molar-refractivity contribution in [3.05, 3.63) is 23.3 Å². The molecule has 1 heterocycles. The number of aromatic nitrogens is 1. The molecule has 1 rings (SSSR count). The third kappa shape index (κ3) is 2.00. The Balaban J connectivity index is 3.31. The Hall–Kier alpha value is -0.780. The average Bonchev–Trinajstić information content (AvgIpc) is 2.16. The van der Waals surface area contributed by atoms with Gasteiger partial charge in [-0.3, -0.25) is 4.98 Å². The number of methoxy groups -OCH3 is 1. The van der Waals surface area contributed by atoms with E-state index in [4.69, 9.17) is 0 Å². The molecule has 0 saturated heterocycles. The van der Waals surface area contributed by atoms with Crippen molar-refractivity contribution in [2.45, 2.75) is 11.8 Å². The zero-order chi connectivity index (χ0) is 10.7. The first kappa shape index (κ1) is 11.3. The van der Waals surface area contributed by atoms with Crippen LogP contribution in [0.4, 0.5) is 13.2 Å². The van der Waals surface area contributed by atoms with Crippen molar-refractivity contribution in [2.24, 2.45) is 0 Å². The highest BCUT2D eigenvalue weighted by Crippen LogP contribution is 2.32. The SMILES string of the molecule is COc1cnc(CBr)c(F)c1C(F)F. The molecule has 0 saturated carbocycles. The van der Waals surface area contributed by atoms with Crippen molar-refractivity contribution in [1.29, 1.82) is 0 Å². The molecule has 78 valence electrons. The van der Waals surface area contributed by atoms with E-state index >= 15 is 0 Å². The first-order chi connectivity index (χ1) is 6.61. The van der Waals surface area contributed by atoms with Crippen LogP contribution in [0, 0.1) is 5.82 Å². The van der Waals surface area contributed by atoms with E-state index in [2.05, 4.69) is 25.7 Å². The zero-order valence-electron chi connectivity index (χ0n) is 7.23. The maximum Gasteiger partial charge on any atom is 0.270 e. The van der Waals surface area contributed by atoms with Gasteiger partial charge >= 0.3 is 0 Å². The van der Waals surface area contributed by atoms with Gasteiger partial charge in [0.05, 0.1) is 24.6 Å². The van der Waals surface area contributed by atoms with Gasteiger partial charge in [-0.15, -0.1) is 0 Å². The van der Waals surface area contributed by atoms with Crippen LogP contribution in [0.2, 0.25) is 0 Å². The summed E-state index contributed by atoms with van der Waals surface area (Å²) in [5, 5.41) is 0.0859. The van der Waals surface area contributed by atoms with E-state index in [1.54, 1.807) is 0 Å². The van der Waals surface area contributed by atoms with Crippen LogP contribution in [0.1, 0.15) is 17.7 Å². The highest BCUT2D eigenvalue weighted by atomic mass is 79.9. The van der Waals surface area contributed by atoms with Crippen LogP contribution in [-0.2, 0) is 5.33 Å². The number of ether oxygens (including phenoxy) is 1. The van der Waals surface area contributed by atoms with E-state index in [-0.39, 0.29) is 16.8 Å². The highest BCUT2D eigenvalue weighted by molar-refractivity contribution is 9.08. The van der Waals surface area contributed by atoms with Crippen molar-refractivity contribution in [3.63, 3.8) is 0 Å². The number of nitrogens with zero attached hydrogens (tertiary/aromatic N) is 1. The van der Waals surface area contributed by atoms with Gasteiger partial charge in [0.2, 0.25) is 0 Å². The summed E-state index contributed by atoms with van der Waals surface area (Å²) in [7, 11) is 1.19. The second kappa shape index (κ2) is 4.63. The standard InChI is InChI=1S/C8H7BrF3NO/c1-14-5-3-13-4(2-9)7(10)6(5)8(11)12/h3,8H,2H2,1H3. The van der Waals surface area contributed by atoms with Crippen LogP contribution >= 0.6 is 15.9 Å². The second-order valence-corrected chi connectivity index (χ2v) is 3.00. The number of alkyl halides is 3. The Morgan fingerprint density at radius 2 is 2.21 bits per heavy atom. The monoisotopic (exact) mass is 269 g/mol. The predicted molar refractivity (Wildman–Crippen MR) is 48.3 cm³/mol. The molecule has 0 bridgehead atoms. The number of rotatable bonds is 3. The third-order valence-corrected chi connectivity index (χ3v) is 2.19. The van der Waals surface area contributed by atoms with Crippen LogP contribution in [0.25, 0.3) is 0 Å². The van der Waals surface area contributed by atoms with Crippen molar-refractivity contribution in [1.82, 2.24) is 4.98 Å². The Labute approximate surface area is 87.2 Å². The summed E-state index contributed by atoms with van der Waals surface area (Å²) in [6.45, 7) is 0. The minimum absolute atomic E-state index is 0.0545. The lowest BCUT2D eigenvalue weighted by Crippen LogP contribution is -2.02. The van der Waals surface area contributed by atoms with Crippen LogP contribution < -0.4 is 4.74 Å². The fourth-order valence-electron chi connectivity index (χ4n) is 0.986. The second-order valence-electron chi connectivity index (χ2n) is 2.44. The Bertz CT molecular complexity index is 333. The smallest absolute Gasteiger partial charge is 0.270 e. The van der Waals surface area contributed by atoms with E-state index in [0.717, 1.165) is 6.20 Å². The molecule has 0 spiro atoms. The van der Waals surface area contributed by atoms with Gasteiger partial charge in [0.1, 0.15) is 5.75 Å². The molecule has 6 heteroatoms. The van der Waals surface area contributed by atoms with Crippen LogP contribution in [-0.4, -0.2) is 12.1 Å². The largest absolute Gasteiger partial charge is 0.495 e. The third-order valence-electron chi connectivity index (χ3n) is 1.66. The van der Waals surface area contributed by atoms with Gasteiger partial charge in [0, 0.05) is 5.33 Å². The van der Waals surface area contributed by atoms with Crippen molar-refractivity contribution < 1.29 is 17.9 Å². The molecule has 0 N–H and O–H groups in total. The van der Waals surface area contributed by atoms with Gasteiger partial charge in [-0.05, 0) is 0 Å². The van der Waals surface area contributed by atoms with Gasteiger partial charge in [-0.25, -0.2) is 13.2 Å². The summed E-state index contributed by atoms with van der Waals surface area (Å²) in [5.41, 5.74) is -0.793. The van der Waals surface area contributed by atoms with E-state index in [9.17, 15) is 13.2 Å². The van der Waals surface area contributed by atoms with Gasteiger partial charge in [0.15, 0.2) is 5.82 Å². The molecule has 2 nitrogen and oxygen atoms in total. The summed E-state index contributed by atoms with van der Waals surface area (Å²) in [5.74, 6) is -1.25. The van der Waals surface area contributed by atoms with E-state index in [0.29, 0.717) is 0 Å². The Morgan fingerprint density at radius 3 is 2.64 bits per heavy atom. The minimum Gasteiger partial charge on any atom is -0.495 e. The molecule has 0 radical (unpaired) electrons. The number of hydrogen-bond donors (Lipinski definition) is 0. The molecule has 0 atom stereocenters. The Kier molecular flexibility index (Phi) is 3.74. The average molecular weight is 270 g/mol. The van der Waals surface area contributed by atoms with Gasteiger partial charge in [-0.2, -0.15) is 0 Å². The summed E-state index contributed by atoms with van der Waals surface area (Å²) < 4.78 is 42.8. The van der Waals surface area contributed by atoms with E-state index in [1.807, 2.05) is 0 Å². The normalized spacial score (nSPS) is 10.7. The lowest BCUT2D eigenvalue weighted by Gasteiger charge is -2.09. The number of halogens is 4. The van der Waals surface area contributed by atoms with Crippen LogP contribution in [0.3, 0.4) is 0 Å². The fraction of sp³-hybridized carbons (Fsp3) is 0.375. The lowest BCUT2D eigenvalue weighted by atomic mass is 10.2. The van der Waals surface area contributed by atoms with Gasteiger partial charge < -0.3 is 4.74 Å². The molecule has 0 aliphatic heterocycles. The summed E-state index contributed by atoms with van der Waals surface area (Å²) in [6, 6.07) is 0. The lowest BCUT2D eigenvalue weighted by molar-refractivity contribution is 0.141. The first-order valence-electron chi connectivity index (χ1n) is 3.67. The molecule has 0 aliphatic carbocycles. The van der Waals surface area contributed by atoms with Crippen molar-refractivity contribution >= 4 is 15.9 Å². The van der Waals surface area contributed by atoms with Gasteiger partial charge in [-0.1, -0.05) is 15.9 Å². The first-order valence-corrected chi connectivity index (χ1v) is 4.79. The van der Waals surface area contributed by atoms with E-state index in [1.165, 1.54) is 7.11 Å². The molecule has 0 aliphatic rings. The zero-order valence-corrected chi connectivity index (χ0v) is 8.82. The molecule has 1 aromatic heterocycles. The summed E-state index contributed by atoms with van der Waals surface area (Å²) in [4.78, 5) is 3.63. The van der Waals surface area contributed by atoms with Gasteiger partial charge in [0.25, 0.3) is 6.43 Å². The summed E-state index contributed by atoms with van der Waals surface area (Å²) >= 11 is 2.95. The molecule has 0 aromatic carbocycles. The maximum atomic E-state index is 13.3. The van der Waals surface area contributed by atoms with E-state index < -0.39 is 17.8 Å². The number of pyridine rings is 1. The van der Waals surface area contributed by atoms with Crippen LogP contribution in [0.15, 0.2) is 6.20 Å². The fourth-order valence-corrected chi connectivity index (χ4v) is 1.38. The molecule has 14 heavy (non-hydrogen) atoms. The van der Waals surface area contributed by atoms with Crippen molar-refractivity contribution in [3.8, 4) is 5.75 Å².